The molecule has 0 saturated heterocycles. The van der Waals surface area contributed by atoms with Gasteiger partial charge < -0.3 is 10.2 Å². The predicted molar refractivity (Wildman–Crippen MR) is 74.0 cm³/mol. The lowest BCUT2D eigenvalue weighted by atomic mass is 9.75. The Labute approximate surface area is 125 Å². The van der Waals surface area contributed by atoms with Crippen LogP contribution in [0.1, 0.15) is 30.6 Å². The van der Waals surface area contributed by atoms with Gasteiger partial charge in [0.25, 0.3) is 0 Å². The molecule has 1 aromatic carbocycles. The molecule has 1 aromatic rings. The number of alkyl halides is 3. The number of carbonyl (C=O) groups is 1. The Hall–Kier alpha value is -2.08. The summed E-state index contributed by atoms with van der Waals surface area (Å²) in [6.45, 7) is 1.72. The third kappa shape index (κ3) is 3.22. The highest BCUT2D eigenvalue weighted by Crippen LogP contribution is 2.42. The van der Waals surface area contributed by atoms with Crippen LogP contribution in [-0.4, -0.2) is 16.2 Å². The van der Waals surface area contributed by atoms with Crippen LogP contribution in [0.5, 0.6) is 0 Å². The molecule has 0 radical (unpaired) electrons. The van der Waals surface area contributed by atoms with Gasteiger partial charge in [-0.2, -0.15) is 13.2 Å². The minimum Gasteiger partial charge on any atom is -0.478 e. The molecule has 3 nitrogen and oxygen atoms in total. The molecule has 2 N–H and O–H groups in total. The van der Waals surface area contributed by atoms with E-state index in [1.165, 1.54) is 24.3 Å². The quantitative estimate of drug-likeness (QED) is 0.894. The largest absolute Gasteiger partial charge is 0.478 e. The molecule has 0 aromatic heterocycles. The molecule has 1 aliphatic carbocycles. The number of rotatable bonds is 3. The van der Waals surface area contributed by atoms with E-state index in [9.17, 15) is 23.1 Å². The molecule has 118 valence electrons. The molecule has 0 spiro atoms. The van der Waals surface area contributed by atoms with Crippen LogP contribution < -0.4 is 0 Å². The van der Waals surface area contributed by atoms with Gasteiger partial charge in [0.05, 0.1) is 17.2 Å². The normalized spacial score (nSPS) is 23.0. The highest BCUT2D eigenvalue weighted by molar-refractivity contribution is 5.90. The predicted octanol–water partition coefficient (Wildman–Crippen LogP) is 3.72. The highest BCUT2D eigenvalue weighted by Gasteiger charge is 2.34. The average molecular weight is 312 g/mol. The number of carboxylic acids is 1. The summed E-state index contributed by atoms with van der Waals surface area (Å²) in [6.07, 6.45) is -0.685. The van der Waals surface area contributed by atoms with Crippen LogP contribution in [0.4, 0.5) is 13.2 Å². The summed E-state index contributed by atoms with van der Waals surface area (Å²) in [5.41, 5.74) is -1.05. The Morgan fingerprint density at radius 3 is 2.27 bits per heavy atom. The van der Waals surface area contributed by atoms with Gasteiger partial charge in [-0.25, -0.2) is 4.79 Å². The first-order valence-electron chi connectivity index (χ1n) is 6.61. The van der Waals surface area contributed by atoms with Crippen LogP contribution in [0.15, 0.2) is 48.1 Å². The van der Waals surface area contributed by atoms with E-state index in [4.69, 9.17) is 5.11 Å². The number of halogens is 3. The Kier molecular flexibility index (Phi) is 4.15. The van der Waals surface area contributed by atoms with E-state index in [1.54, 1.807) is 13.0 Å². The van der Waals surface area contributed by atoms with Crippen molar-refractivity contribution in [1.82, 2.24) is 0 Å². The summed E-state index contributed by atoms with van der Waals surface area (Å²) in [6, 6.07) is 4.33. The number of hydrogen-bond acceptors (Lipinski definition) is 2. The average Bonchev–Trinajstić information content (AvgIpc) is 2.46. The lowest BCUT2D eigenvalue weighted by molar-refractivity contribution is -0.137. The second kappa shape index (κ2) is 5.61. The number of hydrogen-bond donors (Lipinski definition) is 2. The van der Waals surface area contributed by atoms with E-state index in [-0.39, 0.29) is 12.0 Å². The summed E-state index contributed by atoms with van der Waals surface area (Å²) >= 11 is 0. The first-order valence-corrected chi connectivity index (χ1v) is 6.61. The van der Waals surface area contributed by atoms with Crippen molar-refractivity contribution in [2.24, 2.45) is 5.41 Å². The summed E-state index contributed by atoms with van der Waals surface area (Å²) in [4.78, 5) is 10.8. The maximum atomic E-state index is 12.5. The van der Waals surface area contributed by atoms with Gasteiger partial charge >= 0.3 is 12.1 Å². The lowest BCUT2D eigenvalue weighted by Gasteiger charge is -2.33. The molecule has 0 amide bonds. The molecule has 6 heteroatoms. The second-order valence-corrected chi connectivity index (χ2v) is 5.53. The maximum Gasteiger partial charge on any atom is 0.416 e. The Morgan fingerprint density at radius 1 is 1.27 bits per heavy atom. The molecular weight excluding hydrogens is 297 g/mol. The first kappa shape index (κ1) is 16.3. The minimum absolute atomic E-state index is 0.136. The molecule has 2 rings (SSSR count). The number of aliphatic hydroxyl groups excluding tert-OH is 1. The zero-order chi connectivity index (χ0) is 16.5. The van der Waals surface area contributed by atoms with E-state index < -0.39 is 29.2 Å². The fraction of sp³-hybridized carbons (Fsp3) is 0.312. The highest BCUT2D eigenvalue weighted by atomic mass is 19.4. The van der Waals surface area contributed by atoms with Crippen LogP contribution in [-0.2, 0) is 11.0 Å². The van der Waals surface area contributed by atoms with Crippen LogP contribution in [0.3, 0.4) is 0 Å². The van der Waals surface area contributed by atoms with Crippen molar-refractivity contribution in [2.75, 3.05) is 0 Å². The summed E-state index contributed by atoms with van der Waals surface area (Å²) in [7, 11) is 0. The smallest absolute Gasteiger partial charge is 0.416 e. The Bertz CT molecular complexity index is 629. The van der Waals surface area contributed by atoms with Crippen molar-refractivity contribution in [2.45, 2.75) is 25.6 Å². The monoisotopic (exact) mass is 312 g/mol. The molecule has 0 saturated carbocycles. The zero-order valence-corrected chi connectivity index (χ0v) is 11.8. The van der Waals surface area contributed by atoms with Crippen molar-refractivity contribution < 1.29 is 28.2 Å². The van der Waals surface area contributed by atoms with Gasteiger partial charge in [-0.1, -0.05) is 37.3 Å². The van der Waals surface area contributed by atoms with Gasteiger partial charge in [-0.15, -0.1) is 0 Å². The van der Waals surface area contributed by atoms with Crippen LogP contribution in [0.2, 0.25) is 0 Å². The summed E-state index contributed by atoms with van der Waals surface area (Å²) in [5, 5.41) is 19.3. The van der Waals surface area contributed by atoms with Gasteiger partial charge in [0, 0.05) is 5.41 Å². The molecule has 0 heterocycles. The molecule has 22 heavy (non-hydrogen) atoms. The fourth-order valence-corrected chi connectivity index (χ4v) is 2.34. The first-order chi connectivity index (χ1) is 10.1. The number of aliphatic hydroxyl groups is 1. The van der Waals surface area contributed by atoms with Crippen molar-refractivity contribution in [3.05, 3.63) is 59.2 Å². The molecule has 0 bridgehead atoms. The van der Waals surface area contributed by atoms with Gasteiger partial charge in [-0.3, -0.25) is 0 Å². The molecular formula is C16H15F3O3. The molecule has 2 atom stereocenters. The lowest BCUT2D eigenvalue weighted by Crippen LogP contribution is -2.25. The van der Waals surface area contributed by atoms with Crippen molar-refractivity contribution in [1.29, 1.82) is 0 Å². The van der Waals surface area contributed by atoms with Gasteiger partial charge in [0.15, 0.2) is 0 Å². The molecule has 0 fully saturated rings. The van der Waals surface area contributed by atoms with Crippen molar-refractivity contribution in [3.8, 4) is 0 Å². The Morgan fingerprint density at radius 2 is 1.86 bits per heavy atom. The molecule has 1 aliphatic rings. The number of aliphatic carboxylic acids is 1. The standard InChI is InChI=1S/C16H15F3O3/c1-15(8-6-11(7-9-15)14(21)22)13(20)10-2-4-12(5-3-10)16(17,18)19/h2-8,13,20H,9H2,1H3,(H,21,22). The SMILES string of the molecule is CC1(C(O)c2ccc(C(F)(F)F)cc2)C=CC(C(=O)O)=CC1. The Balaban J connectivity index is 2.20. The van der Waals surface area contributed by atoms with Gasteiger partial charge in [-0.05, 0) is 24.1 Å². The van der Waals surface area contributed by atoms with Crippen LogP contribution >= 0.6 is 0 Å². The van der Waals surface area contributed by atoms with Crippen LogP contribution in [0, 0.1) is 5.41 Å². The van der Waals surface area contributed by atoms with E-state index in [0.717, 1.165) is 12.1 Å². The van der Waals surface area contributed by atoms with Crippen LogP contribution in [0.25, 0.3) is 0 Å². The number of carboxylic acid groups (broad SMARTS) is 1. The zero-order valence-electron chi connectivity index (χ0n) is 11.8. The van der Waals surface area contributed by atoms with Gasteiger partial charge in [0.1, 0.15) is 0 Å². The number of benzene rings is 1. The van der Waals surface area contributed by atoms with E-state index in [0.29, 0.717) is 5.56 Å². The second-order valence-electron chi connectivity index (χ2n) is 5.53. The maximum absolute atomic E-state index is 12.5. The molecule has 2 unspecified atom stereocenters. The topological polar surface area (TPSA) is 57.5 Å². The van der Waals surface area contributed by atoms with E-state index >= 15 is 0 Å². The van der Waals surface area contributed by atoms with E-state index in [1.807, 2.05) is 0 Å². The number of allylic oxidation sites excluding steroid dienone is 1. The fourth-order valence-electron chi connectivity index (χ4n) is 2.34. The van der Waals surface area contributed by atoms with Gasteiger partial charge in [0.2, 0.25) is 0 Å². The van der Waals surface area contributed by atoms with Crippen molar-refractivity contribution >= 4 is 5.97 Å². The van der Waals surface area contributed by atoms with E-state index in [2.05, 4.69) is 0 Å². The summed E-state index contributed by atoms with van der Waals surface area (Å²) in [5.74, 6) is -1.05. The minimum atomic E-state index is -4.42. The van der Waals surface area contributed by atoms with Crippen molar-refractivity contribution in [3.63, 3.8) is 0 Å². The molecule has 0 aliphatic heterocycles. The summed E-state index contributed by atoms with van der Waals surface area (Å²) < 4.78 is 37.6. The third-order valence-electron chi connectivity index (χ3n) is 3.83. The third-order valence-corrected chi connectivity index (χ3v) is 3.83.